The average molecular weight is 403 g/mol. The molecular weight excluding hydrogens is 380 g/mol. The highest BCUT2D eigenvalue weighted by Crippen LogP contribution is 2.35. The molecular formula is C21H23ClN2O4. The summed E-state index contributed by atoms with van der Waals surface area (Å²) in [6.07, 6.45) is 0. The zero-order valence-electron chi connectivity index (χ0n) is 15.9. The summed E-state index contributed by atoms with van der Waals surface area (Å²) in [6.45, 7) is 2.25. The van der Waals surface area contributed by atoms with E-state index in [0.29, 0.717) is 54.1 Å². The Hall–Kier alpha value is -2.70. The van der Waals surface area contributed by atoms with Crippen molar-refractivity contribution in [3.8, 4) is 11.5 Å². The van der Waals surface area contributed by atoms with Crippen molar-refractivity contribution < 1.29 is 19.0 Å². The Morgan fingerprint density at radius 2 is 1.61 bits per heavy atom. The molecule has 0 aliphatic carbocycles. The van der Waals surface area contributed by atoms with Crippen molar-refractivity contribution in [3.05, 3.63) is 64.3 Å². The maximum atomic E-state index is 12.5. The van der Waals surface area contributed by atoms with E-state index in [0.717, 1.165) is 11.1 Å². The molecule has 6 nitrogen and oxygen atoms in total. The highest BCUT2D eigenvalue weighted by Gasteiger charge is 2.25. The molecule has 1 fully saturated rings. The first-order valence-corrected chi connectivity index (χ1v) is 9.28. The molecule has 0 aromatic heterocycles. The zero-order chi connectivity index (χ0) is 20.1. The lowest BCUT2D eigenvalue weighted by atomic mass is 9.94. The number of halogens is 1. The predicted molar refractivity (Wildman–Crippen MR) is 109 cm³/mol. The molecule has 1 heterocycles. The lowest BCUT2D eigenvalue weighted by molar-refractivity contribution is -0.116. The molecule has 2 aromatic carbocycles. The van der Waals surface area contributed by atoms with Crippen LogP contribution in [0.2, 0.25) is 5.02 Å². The van der Waals surface area contributed by atoms with Crippen molar-refractivity contribution in [2.24, 2.45) is 5.73 Å². The fraction of sp³-hybridized carbons (Fsp3) is 0.286. The Morgan fingerprint density at radius 1 is 1.00 bits per heavy atom. The highest BCUT2D eigenvalue weighted by atomic mass is 35.5. The SMILES string of the molecule is COc1ccc(C(=C(C(N)=O)N2CCOCC2)c2ccc(Cl)cc2)cc1OC. The zero-order valence-corrected chi connectivity index (χ0v) is 16.7. The van der Waals surface area contributed by atoms with Crippen molar-refractivity contribution in [1.29, 1.82) is 0 Å². The van der Waals surface area contributed by atoms with Gasteiger partial charge in [-0.3, -0.25) is 4.79 Å². The van der Waals surface area contributed by atoms with Gasteiger partial charge in [-0.15, -0.1) is 0 Å². The number of ether oxygens (including phenoxy) is 3. The summed E-state index contributed by atoms with van der Waals surface area (Å²) in [7, 11) is 3.15. The molecule has 7 heteroatoms. The summed E-state index contributed by atoms with van der Waals surface area (Å²) >= 11 is 6.07. The fourth-order valence-electron chi connectivity index (χ4n) is 3.27. The number of carbonyl (C=O) groups is 1. The Labute approximate surface area is 169 Å². The van der Waals surface area contributed by atoms with Gasteiger partial charge >= 0.3 is 0 Å². The molecule has 0 spiro atoms. The van der Waals surface area contributed by atoms with Crippen LogP contribution in [0.1, 0.15) is 11.1 Å². The summed E-state index contributed by atoms with van der Waals surface area (Å²) in [4.78, 5) is 14.5. The minimum Gasteiger partial charge on any atom is -0.493 e. The van der Waals surface area contributed by atoms with Crippen molar-refractivity contribution in [1.82, 2.24) is 4.90 Å². The number of carbonyl (C=O) groups excluding carboxylic acids is 1. The molecule has 0 atom stereocenters. The number of amides is 1. The molecule has 3 rings (SSSR count). The summed E-state index contributed by atoms with van der Waals surface area (Å²) in [5, 5.41) is 0.613. The lowest BCUT2D eigenvalue weighted by Crippen LogP contribution is -2.40. The first-order valence-electron chi connectivity index (χ1n) is 8.90. The lowest BCUT2D eigenvalue weighted by Gasteiger charge is -2.31. The summed E-state index contributed by atoms with van der Waals surface area (Å²) in [5.41, 5.74) is 8.62. The van der Waals surface area contributed by atoms with Crippen molar-refractivity contribution >= 4 is 23.1 Å². The predicted octanol–water partition coefficient (Wildman–Crippen LogP) is 2.93. The van der Waals surface area contributed by atoms with Gasteiger partial charge in [-0.1, -0.05) is 29.8 Å². The first kappa shape index (κ1) is 20.0. The Balaban J connectivity index is 2.24. The first-order chi connectivity index (χ1) is 13.5. The molecule has 148 valence electrons. The third kappa shape index (κ3) is 4.24. The van der Waals surface area contributed by atoms with Crippen molar-refractivity contribution in [3.63, 3.8) is 0 Å². The summed E-state index contributed by atoms with van der Waals surface area (Å²) < 4.78 is 16.2. The molecule has 1 saturated heterocycles. The van der Waals surface area contributed by atoms with Crippen molar-refractivity contribution in [2.45, 2.75) is 0 Å². The molecule has 0 bridgehead atoms. The Kier molecular flexibility index (Phi) is 6.44. The summed E-state index contributed by atoms with van der Waals surface area (Å²) in [5.74, 6) is 0.674. The van der Waals surface area contributed by atoms with Gasteiger partial charge in [0.1, 0.15) is 5.70 Å². The van der Waals surface area contributed by atoms with Crippen LogP contribution in [-0.2, 0) is 9.53 Å². The molecule has 2 N–H and O–H groups in total. The molecule has 0 unspecified atom stereocenters. The van der Waals surface area contributed by atoms with E-state index in [9.17, 15) is 4.79 Å². The van der Waals surface area contributed by atoms with Crippen LogP contribution in [0, 0.1) is 0 Å². The van der Waals surface area contributed by atoms with Gasteiger partial charge in [0.15, 0.2) is 11.5 Å². The van der Waals surface area contributed by atoms with Crippen LogP contribution < -0.4 is 15.2 Å². The molecule has 0 radical (unpaired) electrons. The van der Waals surface area contributed by atoms with Crippen LogP contribution in [0.4, 0.5) is 0 Å². The van der Waals surface area contributed by atoms with E-state index in [4.69, 9.17) is 31.5 Å². The van der Waals surface area contributed by atoms with Crippen LogP contribution in [0.5, 0.6) is 11.5 Å². The van der Waals surface area contributed by atoms with Gasteiger partial charge in [0.2, 0.25) is 0 Å². The second-order valence-electron chi connectivity index (χ2n) is 6.26. The minimum atomic E-state index is -0.498. The normalized spacial score (nSPS) is 15.0. The minimum absolute atomic E-state index is 0.442. The number of methoxy groups -OCH3 is 2. The summed E-state index contributed by atoms with van der Waals surface area (Å²) in [6, 6.07) is 12.9. The highest BCUT2D eigenvalue weighted by molar-refractivity contribution is 6.30. The average Bonchev–Trinajstić information content (AvgIpc) is 2.72. The van der Waals surface area contributed by atoms with Gasteiger partial charge in [0.05, 0.1) is 27.4 Å². The van der Waals surface area contributed by atoms with E-state index in [-0.39, 0.29) is 0 Å². The second kappa shape index (κ2) is 8.99. The maximum Gasteiger partial charge on any atom is 0.265 e. The van der Waals surface area contributed by atoms with Crippen molar-refractivity contribution in [2.75, 3.05) is 40.5 Å². The molecule has 0 saturated carbocycles. The van der Waals surface area contributed by atoms with E-state index in [2.05, 4.69) is 0 Å². The smallest absolute Gasteiger partial charge is 0.265 e. The van der Waals surface area contributed by atoms with Crippen LogP contribution >= 0.6 is 11.6 Å². The topological polar surface area (TPSA) is 74.0 Å². The second-order valence-corrected chi connectivity index (χ2v) is 6.70. The van der Waals surface area contributed by atoms with Gasteiger partial charge in [-0.25, -0.2) is 0 Å². The molecule has 1 aliphatic rings. The van der Waals surface area contributed by atoms with Gasteiger partial charge in [0.25, 0.3) is 5.91 Å². The van der Waals surface area contributed by atoms with Gasteiger partial charge < -0.3 is 24.8 Å². The third-order valence-corrected chi connectivity index (χ3v) is 4.85. The maximum absolute atomic E-state index is 12.5. The fourth-order valence-corrected chi connectivity index (χ4v) is 3.40. The number of nitrogens with two attached hydrogens (primary N) is 1. The van der Waals surface area contributed by atoms with E-state index in [1.807, 2.05) is 35.2 Å². The number of hydrogen-bond acceptors (Lipinski definition) is 5. The molecule has 1 amide bonds. The van der Waals surface area contributed by atoms with E-state index < -0.39 is 5.91 Å². The standard InChI is InChI=1S/C21H23ClN2O4/c1-26-17-8-5-15(13-18(17)27-2)19(14-3-6-16(22)7-4-14)20(21(23)25)24-9-11-28-12-10-24/h3-8,13H,9-12H2,1-2H3,(H2,23,25). The number of benzene rings is 2. The van der Waals surface area contributed by atoms with Gasteiger partial charge in [0, 0.05) is 23.7 Å². The number of rotatable bonds is 6. The molecule has 1 aliphatic heterocycles. The molecule has 28 heavy (non-hydrogen) atoms. The Morgan fingerprint density at radius 3 is 2.18 bits per heavy atom. The number of nitrogens with zero attached hydrogens (tertiary/aromatic N) is 1. The van der Waals surface area contributed by atoms with Crippen LogP contribution in [0.15, 0.2) is 48.2 Å². The van der Waals surface area contributed by atoms with Crippen LogP contribution in [0.25, 0.3) is 5.57 Å². The quantitative estimate of drug-likeness (QED) is 0.752. The van der Waals surface area contributed by atoms with Gasteiger partial charge in [-0.2, -0.15) is 0 Å². The van der Waals surface area contributed by atoms with E-state index in [1.165, 1.54) is 0 Å². The Bertz CT molecular complexity index is 874. The van der Waals surface area contributed by atoms with Gasteiger partial charge in [-0.05, 0) is 35.4 Å². The number of primary amides is 1. The number of morpholine rings is 1. The number of hydrogen-bond donors (Lipinski definition) is 1. The van der Waals surface area contributed by atoms with E-state index >= 15 is 0 Å². The third-order valence-electron chi connectivity index (χ3n) is 4.60. The van der Waals surface area contributed by atoms with Crippen LogP contribution in [-0.4, -0.2) is 51.3 Å². The van der Waals surface area contributed by atoms with E-state index in [1.54, 1.807) is 26.4 Å². The van der Waals surface area contributed by atoms with Crippen LogP contribution in [0.3, 0.4) is 0 Å². The largest absolute Gasteiger partial charge is 0.493 e. The monoisotopic (exact) mass is 402 g/mol. The molecule has 2 aromatic rings.